The highest BCUT2D eigenvalue weighted by molar-refractivity contribution is 4.55. The summed E-state index contributed by atoms with van der Waals surface area (Å²) in [7, 11) is 2.00. The van der Waals surface area contributed by atoms with Gasteiger partial charge in [0.25, 0.3) is 0 Å². The molecular formula is C11H25NO. The first-order valence-electron chi connectivity index (χ1n) is 5.41. The monoisotopic (exact) mass is 187 g/mol. The zero-order valence-electron chi connectivity index (χ0n) is 9.60. The predicted octanol–water partition coefficient (Wildman–Crippen LogP) is 2.44. The van der Waals surface area contributed by atoms with Crippen LogP contribution in [0.1, 0.15) is 40.0 Å². The van der Waals surface area contributed by atoms with Crippen molar-refractivity contribution >= 4 is 0 Å². The van der Waals surface area contributed by atoms with Gasteiger partial charge in [-0.1, -0.05) is 13.8 Å². The van der Waals surface area contributed by atoms with E-state index in [2.05, 4.69) is 26.1 Å². The number of rotatable bonds is 8. The Kier molecular flexibility index (Phi) is 8.46. The lowest BCUT2D eigenvalue weighted by molar-refractivity contribution is 0.118. The normalized spacial score (nSPS) is 13.6. The fourth-order valence-corrected chi connectivity index (χ4v) is 1.06. The molecule has 0 saturated carbocycles. The van der Waals surface area contributed by atoms with E-state index in [4.69, 9.17) is 4.74 Å². The topological polar surface area (TPSA) is 21.3 Å². The first-order valence-corrected chi connectivity index (χ1v) is 5.41. The molecule has 0 aliphatic heterocycles. The van der Waals surface area contributed by atoms with Crippen LogP contribution in [0.2, 0.25) is 0 Å². The summed E-state index contributed by atoms with van der Waals surface area (Å²) in [6.07, 6.45) is 3.56. The van der Waals surface area contributed by atoms with Crippen molar-refractivity contribution in [1.82, 2.24) is 5.32 Å². The van der Waals surface area contributed by atoms with Gasteiger partial charge in [-0.25, -0.2) is 0 Å². The zero-order valence-corrected chi connectivity index (χ0v) is 9.60. The van der Waals surface area contributed by atoms with Gasteiger partial charge in [0, 0.05) is 19.3 Å². The Morgan fingerprint density at radius 3 is 2.31 bits per heavy atom. The maximum atomic E-state index is 5.51. The molecule has 0 aromatic heterocycles. The van der Waals surface area contributed by atoms with Gasteiger partial charge in [0.15, 0.2) is 0 Å². The van der Waals surface area contributed by atoms with E-state index in [0.29, 0.717) is 6.04 Å². The van der Waals surface area contributed by atoms with E-state index in [9.17, 15) is 0 Å². The van der Waals surface area contributed by atoms with E-state index in [1.807, 2.05) is 7.05 Å². The van der Waals surface area contributed by atoms with Gasteiger partial charge >= 0.3 is 0 Å². The lowest BCUT2D eigenvalue weighted by Gasteiger charge is -2.10. The summed E-state index contributed by atoms with van der Waals surface area (Å²) in [6.45, 7) is 8.50. The van der Waals surface area contributed by atoms with Crippen LogP contribution in [-0.2, 0) is 4.74 Å². The molecule has 1 N–H and O–H groups in total. The lowest BCUT2D eigenvalue weighted by atomic mass is 10.1. The molecule has 1 unspecified atom stereocenters. The van der Waals surface area contributed by atoms with Crippen LogP contribution in [0.5, 0.6) is 0 Å². The largest absolute Gasteiger partial charge is 0.381 e. The molecular weight excluding hydrogens is 162 g/mol. The second kappa shape index (κ2) is 8.52. The third-order valence-corrected chi connectivity index (χ3v) is 2.26. The van der Waals surface area contributed by atoms with Gasteiger partial charge in [0.05, 0.1) is 0 Å². The van der Waals surface area contributed by atoms with E-state index < -0.39 is 0 Å². The second-order valence-electron chi connectivity index (χ2n) is 4.13. The molecule has 1 atom stereocenters. The van der Waals surface area contributed by atoms with Crippen molar-refractivity contribution in [3.8, 4) is 0 Å². The Morgan fingerprint density at radius 1 is 1.08 bits per heavy atom. The van der Waals surface area contributed by atoms with E-state index in [1.54, 1.807) is 0 Å². The predicted molar refractivity (Wildman–Crippen MR) is 58.0 cm³/mol. The fraction of sp³-hybridized carbons (Fsp3) is 1.00. The number of hydrogen-bond donors (Lipinski definition) is 1. The standard InChI is InChI=1S/C11H25NO/c1-10(2)7-9-13-8-5-6-11(3)12-4/h10-12H,5-9H2,1-4H3. The Hall–Kier alpha value is -0.0800. The molecule has 0 aliphatic carbocycles. The quantitative estimate of drug-likeness (QED) is 0.589. The van der Waals surface area contributed by atoms with Crippen molar-refractivity contribution in [3.63, 3.8) is 0 Å². The molecule has 0 spiro atoms. The molecule has 0 fully saturated rings. The van der Waals surface area contributed by atoms with Crippen LogP contribution in [0.4, 0.5) is 0 Å². The highest BCUT2D eigenvalue weighted by Gasteiger charge is 1.97. The summed E-state index contributed by atoms with van der Waals surface area (Å²) in [4.78, 5) is 0. The Balaban J connectivity index is 2.99. The summed E-state index contributed by atoms with van der Waals surface area (Å²) >= 11 is 0. The minimum atomic E-state index is 0.619. The molecule has 0 saturated heterocycles. The van der Waals surface area contributed by atoms with Gasteiger partial charge in [-0.3, -0.25) is 0 Å². The zero-order chi connectivity index (χ0) is 10.1. The summed E-state index contributed by atoms with van der Waals surface area (Å²) < 4.78 is 5.51. The van der Waals surface area contributed by atoms with E-state index in [-0.39, 0.29) is 0 Å². The lowest BCUT2D eigenvalue weighted by Crippen LogP contribution is -2.21. The van der Waals surface area contributed by atoms with Crippen molar-refractivity contribution in [1.29, 1.82) is 0 Å². The molecule has 0 radical (unpaired) electrons. The van der Waals surface area contributed by atoms with Crippen LogP contribution >= 0.6 is 0 Å². The minimum absolute atomic E-state index is 0.619. The molecule has 2 heteroatoms. The summed E-state index contributed by atoms with van der Waals surface area (Å²) in [5.74, 6) is 0.760. The molecule has 0 amide bonds. The number of ether oxygens (including phenoxy) is 1. The van der Waals surface area contributed by atoms with Gasteiger partial charge < -0.3 is 10.1 Å². The average molecular weight is 187 g/mol. The molecule has 0 heterocycles. The molecule has 0 aliphatic rings. The fourth-order valence-electron chi connectivity index (χ4n) is 1.06. The van der Waals surface area contributed by atoms with Crippen molar-refractivity contribution in [2.75, 3.05) is 20.3 Å². The highest BCUT2D eigenvalue weighted by atomic mass is 16.5. The van der Waals surface area contributed by atoms with Crippen LogP contribution < -0.4 is 5.32 Å². The molecule has 0 rings (SSSR count). The van der Waals surface area contributed by atoms with Crippen LogP contribution in [0, 0.1) is 5.92 Å². The van der Waals surface area contributed by atoms with Gasteiger partial charge in [-0.05, 0) is 39.2 Å². The highest BCUT2D eigenvalue weighted by Crippen LogP contribution is 2.00. The third kappa shape index (κ3) is 9.84. The van der Waals surface area contributed by atoms with Crippen molar-refractivity contribution in [3.05, 3.63) is 0 Å². The Morgan fingerprint density at radius 2 is 1.77 bits per heavy atom. The molecule has 80 valence electrons. The van der Waals surface area contributed by atoms with Gasteiger partial charge in [-0.15, -0.1) is 0 Å². The summed E-state index contributed by atoms with van der Waals surface area (Å²) in [5, 5.41) is 3.22. The maximum Gasteiger partial charge on any atom is 0.0468 e. The van der Waals surface area contributed by atoms with E-state index >= 15 is 0 Å². The average Bonchev–Trinajstić information content (AvgIpc) is 2.10. The van der Waals surface area contributed by atoms with Crippen molar-refractivity contribution in [2.24, 2.45) is 5.92 Å². The molecule has 0 bridgehead atoms. The first-order chi connectivity index (χ1) is 6.16. The molecule has 0 aromatic carbocycles. The second-order valence-corrected chi connectivity index (χ2v) is 4.13. The van der Waals surface area contributed by atoms with Crippen LogP contribution in [0.25, 0.3) is 0 Å². The number of nitrogens with one attached hydrogen (secondary N) is 1. The van der Waals surface area contributed by atoms with Crippen LogP contribution in [0.15, 0.2) is 0 Å². The molecule has 13 heavy (non-hydrogen) atoms. The summed E-state index contributed by atoms with van der Waals surface area (Å²) in [6, 6.07) is 0.619. The van der Waals surface area contributed by atoms with Crippen molar-refractivity contribution < 1.29 is 4.74 Å². The summed E-state index contributed by atoms with van der Waals surface area (Å²) in [5.41, 5.74) is 0. The van der Waals surface area contributed by atoms with Gasteiger partial charge in [0.1, 0.15) is 0 Å². The number of hydrogen-bond acceptors (Lipinski definition) is 2. The van der Waals surface area contributed by atoms with Crippen LogP contribution in [-0.4, -0.2) is 26.3 Å². The molecule has 2 nitrogen and oxygen atoms in total. The van der Waals surface area contributed by atoms with E-state index in [0.717, 1.165) is 19.1 Å². The minimum Gasteiger partial charge on any atom is -0.381 e. The Labute approximate surface area is 83.1 Å². The third-order valence-electron chi connectivity index (χ3n) is 2.26. The molecule has 0 aromatic rings. The SMILES string of the molecule is CNC(C)CCCOCCC(C)C. The van der Waals surface area contributed by atoms with Gasteiger partial charge in [0.2, 0.25) is 0 Å². The van der Waals surface area contributed by atoms with E-state index in [1.165, 1.54) is 19.3 Å². The maximum absolute atomic E-state index is 5.51. The van der Waals surface area contributed by atoms with Crippen LogP contribution in [0.3, 0.4) is 0 Å². The smallest absolute Gasteiger partial charge is 0.0468 e. The first kappa shape index (κ1) is 12.9. The Bertz CT molecular complexity index is 104. The van der Waals surface area contributed by atoms with Gasteiger partial charge in [-0.2, -0.15) is 0 Å². The van der Waals surface area contributed by atoms with Crippen molar-refractivity contribution in [2.45, 2.75) is 46.1 Å².